The summed E-state index contributed by atoms with van der Waals surface area (Å²) in [7, 11) is 0. The van der Waals surface area contributed by atoms with Crippen molar-refractivity contribution in [3.05, 3.63) is 42.2 Å². The number of hydrogen-bond donors (Lipinski definition) is 1. The third-order valence-corrected chi connectivity index (χ3v) is 3.62. The number of fused-ring (bicyclic) bond motifs is 1. The molecule has 1 aromatic heterocycles. The maximum Gasteiger partial charge on any atom is 0.0343 e. The van der Waals surface area contributed by atoms with Crippen molar-refractivity contribution < 1.29 is 0 Å². The summed E-state index contributed by atoms with van der Waals surface area (Å²) in [6, 6.07) is 2.84. The van der Waals surface area contributed by atoms with Crippen LogP contribution in [0.25, 0.3) is 11.6 Å². The first-order valence-corrected chi connectivity index (χ1v) is 5.89. The second kappa shape index (κ2) is 3.87. The van der Waals surface area contributed by atoms with E-state index in [1.54, 1.807) is 0 Å². The monoisotopic (exact) mass is 212 g/mol. The molecule has 2 unspecified atom stereocenters. The van der Waals surface area contributed by atoms with Crippen LogP contribution in [-0.4, -0.2) is 17.6 Å². The molecule has 1 fully saturated rings. The van der Waals surface area contributed by atoms with Gasteiger partial charge in [-0.1, -0.05) is 18.7 Å². The first-order valence-electron chi connectivity index (χ1n) is 5.89. The second-order valence-electron chi connectivity index (χ2n) is 4.62. The molecule has 2 atom stereocenters. The molecule has 1 aromatic rings. The van der Waals surface area contributed by atoms with Crippen LogP contribution in [0.2, 0.25) is 0 Å². The van der Waals surface area contributed by atoms with Crippen LogP contribution in [0.15, 0.2) is 31.1 Å². The van der Waals surface area contributed by atoms with E-state index in [1.165, 1.54) is 24.1 Å². The largest absolute Gasteiger partial charge is 0.313 e. The van der Waals surface area contributed by atoms with Crippen LogP contribution < -0.4 is 5.32 Å². The lowest BCUT2D eigenvalue weighted by atomic mass is 10.0. The molecule has 0 radical (unpaired) electrons. The molecule has 1 aliphatic carbocycles. The molecule has 3 rings (SSSR count). The normalized spacial score (nSPS) is 27.6. The molecule has 2 heteroatoms. The summed E-state index contributed by atoms with van der Waals surface area (Å²) in [5, 5.41) is 3.55. The molecule has 16 heavy (non-hydrogen) atoms. The average Bonchev–Trinajstić information content (AvgIpc) is 2.89. The Morgan fingerprint density at radius 2 is 2.38 bits per heavy atom. The van der Waals surface area contributed by atoms with Crippen molar-refractivity contribution in [1.82, 2.24) is 10.3 Å². The Kier molecular flexibility index (Phi) is 2.37. The predicted molar refractivity (Wildman–Crippen MR) is 66.8 cm³/mol. The lowest BCUT2D eigenvalue weighted by Crippen LogP contribution is -2.22. The fourth-order valence-electron chi connectivity index (χ4n) is 2.73. The van der Waals surface area contributed by atoms with Gasteiger partial charge in [-0.3, -0.25) is 4.98 Å². The molecule has 82 valence electrons. The fraction of sp³-hybridized carbons (Fsp3) is 0.357. The molecule has 0 aromatic carbocycles. The zero-order valence-electron chi connectivity index (χ0n) is 9.32. The van der Waals surface area contributed by atoms with Crippen molar-refractivity contribution in [2.45, 2.75) is 18.9 Å². The molecule has 0 saturated carbocycles. The Morgan fingerprint density at radius 1 is 1.44 bits per heavy atom. The minimum absolute atomic E-state index is 0.669. The molecule has 1 saturated heterocycles. The van der Waals surface area contributed by atoms with Crippen LogP contribution >= 0.6 is 0 Å². The Labute approximate surface area is 96.1 Å². The Balaban J connectivity index is 1.90. The van der Waals surface area contributed by atoms with Crippen LogP contribution in [0.1, 0.15) is 24.0 Å². The van der Waals surface area contributed by atoms with Crippen molar-refractivity contribution in [1.29, 1.82) is 0 Å². The van der Waals surface area contributed by atoms with E-state index in [4.69, 9.17) is 0 Å². The lowest BCUT2D eigenvalue weighted by molar-refractivity contribution is 0.563. The molecule has 2 heterocycles. The van der Waals surface area contributed by atoms with Gasteiger partial charge in [-0.15, -0.1) is 0 Å². The van der Waals surface area contributed by atoms with Gasteiger partial charge in [0.25, 0.3) is 0 Å². The number of nitrogens with one attached hydrogen (secondary N) is 1. The third-order valence-electron chi connectivity index (χ3n) is 3.62. The van der Waals surface area contributed by atoms with Crippen LogP contribution in [0, 0.1) is 5.92 Å². The summed E-state index contributed by atoms with van der Waals surface area (Å²) in [5.41, 5.74) is 3.80. The molecular weight excluding hydrogens is 196 g/mol. The summed E-state index contributed by atoms with van der Waals surface area (Å²) in [6.45, 7) is 4.95. The molecule has 0 spiro atoms. The topological polar surface area (TPSA) is 24.9 Å². The van der Waals surface area contributed by atoms with Crippen molar-refractivity contribution in [3.63, 3.8) is 0 Å². The summed E-state index contributed by atoms with van der Waals surface area (Å²) >= 11 is 0. The quantitative estimate of drug-likeness (QED) is 0.814. The van der Waals surface area contributed by atoms with E-state index in [9.17, 15) is 0 Å². The molecule has 0 bridgehead atoms. The average molecular weight is 212 g/mol. The summed E-state index contributed by atoms with van der Waals surface area (Å²) in [5.74, 6) is 0.738. The van der Waals surface area contributed by atoms with Crippen LogP contribution in [0.4, 0.5) is 0 Å². The van der Waals surface area contributed by atoms with Gasteiger partial charge in [-0.2, -0.15) is 0 Å². The first kappa shape index (κ1) is 9.79. The third kappa shape index (κ3) is 1.59. The van der Waals surface area contributed by atoms with Crippen LogP contribution in [0.3, 0.4) is 0 Å². The van der Waals surface area contributed by atoms with E-state index in [0.717, 1.165) is 17.9 Å². The van der Waals surface area contributed by atoms with Crippen molar-refractivity contribution >= 4 is 11.6 Å². The second-order valence-corrected chi connectivity index (χ2v) is 4.62. The number of pyridine rings is 1. The zero-order chi connectivity index (χ0) is 11.0. The molecular formula is C14H16N2. The summed E-state index contributed by atoms with van der Waals surface area (Å²) in [6.07, 6.45) is 10.5. The Morgan fingerprint density at radius 3 is 3.19 bits per heavy atom. The minimum atomic E-state index is 0.669. The van der Waals surface area contributed by atoms with Crippen molar-refractivity contribution in [2.24, 2.45) is 5.92 Å². The van der Waals surface area contributed by atoms with E-state index in [0.29, 0.717) is 6.04 Å². The van der Waals surface area contributed by atoms with Gasteiger partial charge in [-0.25, -0.2) is 0 Å². The SMILES string of the molecule is C=Cc1cncc(C2=CC3CCNC3C2)c1. The van der Waals surface area contributed by atoms with Gasteiger partial charge in [-0.05, 0) is 48.1 Å². The van der Waals surface area contributed by atoms with Gasteiger partial charge in [0.15, 0.2) is 0 Å². The van der Waals surface area contributed by atoms with E-state index in [1.807, 2.05) is 18.5 Å². The predicted octanol–water partition coefficient (Wildman–Crippen LogP) is 2.49. The highest BCUT2D eigenvalue weighted by atomic mass is 15.0. The molecule has 0 amide bonds. The standard InChI is InChI=1S/C14H16N2/c1-2-10-5-13(9-15-8-10)12-6-11-3-4-16-14(11)7-12/h2,5-6,8-9,11,14,16H,1,3-4,7H2. The molecule has 1 N–H and O–H groups in total. The maximum atomic E-state index is 4.26. The van der Waals surface area contributed by atoms with E-state index in [-0.39, 0.29) is 0 Å². The highest BCUT2D eigenvalue weighted by Crippen LogP contribution is 2.36. The zero-order valence-corrected chi connectivity index (χ0v) is 9.32. The molecule has 1 aliphatic heterocycles. The summed E-state index contributed by atoms with van der Waals surface area (Å²) < 4.78 is 0. The highest BCUT2D eigenvalue weighted by Gasteiger charge is 2.31. The maximum absolute atomic E-state index is 4.26. The number of aromatic nitrogens is 1. The van der Waals surface area contributed by atoms with Gasteiger partial charge < -0.3 is 5.32 Å². The fourth-order valence-corrected chi connectivity index (χ4v) is 2.73. The van der Waals surface area contributed by atoms with Crippen molar-refractivity contribution in [2.75, 3.05) is 6.54 Å². The lowest BCUT2D eigenvalue weighted by Gasteiger charge is -2.08. The first-order chi connectivity index (χ1) is 7.86. The van der Waals surface area contributed by atoms with Crippen LogP contribution in [0.5, 0.6) is 0 Å². The van der Waals surface area contributed by atoms with Gasteiger partial charge in [0.05, 0.1) is 0 Å². The van der Waals surface area contributed by atoms with E-state index in [2.05, 4.69) is 29.0 Å². The van der Waals surface area contributed by atoms with E-state index < -0.39 is 0 Å². The minimum Gasteiger partial charge on any atom is -0.313 e. The Hall–Kier alpha value is -1.41. The Bertz CT molecular complexity index is 448. The number of nitrogens with zero attached hydrogens (tertiary/aromatic N) is 1. The highest BCUT2D eigenvalue weighted by molar-refractivity contribution is 5.70. The van der Waals surface area contributed by atoms with Gasteiger partial charge in [0.2, 0.25) is 0 Å². The molecule has 2 nitrogen and oxygen atoms in total. The molecule has 2 aliphatic rings. The van der Waals surface area contributed by atoms with Gasteiger partial charge in [0.1, 0.15) is 0 Å². The van der Waals surface area contributed by atoms with Crippen molar-refractivity contribution in [3.8, 4) is 0 Å². The smallest absolute Gasteiger partial charge is 0.0343 e. The van der Waals surface area contributed by atoms with E-state index >= 15 is 0 Å². The summed E-state index contributed by atoms with van der Waals surface area (Å²) in [4.78, 5) is 4.26. The number of hydrogen-bond acceptors (Lipinski definition) is 2. The number of rotatable bonds is 2. The van der Waals surface area contributed by atoms with Crippen LogP contribution in [-0.2, 0) is 0 Å². The van der Waals surface area contributed by atoms with Gasteiger partial charge in [0, 0.05) is 18.4 Å². The van der Waals surface area contributed by atoms with Gasteiger partial charge >= 0.3 is 0 Å².